The highest BCUT2D eigenvalue weighted by molar-refractivity contribution is 7.92. The zero-order valence-electron chi connectivity index (χ0n) is 13.8. The van der Waals surface area contributed by atoms with Gasteiger partial charge < -0.3 is 9.32 Å². The molecule has 1 fully saturated rings. The van der Waals surface area contributed by atoms with E-state index < -0.39 is 15.1 Å². The molecule has 1 amide bonds. The van der Waals surface area contributed by atoms with Crippen LogP contribution in [0, 0.1) is 0 Å². The average Bonchev–Trinajstić information content (AvgIpc) is 3.42. The zero-order chi connectivity index (χ0) is 18.1. The molecular formula is C18H17N3O4S. The molecule has 1 aliphatic heterocycles. The lowest BCUT2D eigenvalue weighted by Crippen LogP contribution is -2.32. The molecule has 0 saturated carbocycles. The zero-order valence-corrected chi connectivity index (χ0v) is 14.6. The number of nitrogens with zero attached hydrogens (tertiary/aromatic N) is 2. The normalized spacial score (nSPS) is 17.5. The molecule has 8 heteroatoms. The molecule has 0 radical (unpaired) electrons. The van der Waals surface area contributed by atoms with Gasteiger partial charge in [0.05, 0.1) is 16.4 Å². The van der Waals surface area contributed by atoms with Crippen molar-refractivity contribution in [3.8, 4) is 11.5 Å². The number of carbonyl (C=O) groups excluding carboxylic acids is 1. The summed E-state index contributed by atoms with van der Waals surface area (Å²) in [5.74, 6) is 0.298. The van der Waals surface area contributed by atoms with Crippen LogP contribution in [-0.4, -0.2) is 47.8 Å². The van der Waals surface area contributed by atoms with Gasteiger partial charge in [0.15, 0.2) is 21.3 Å². The number of benzene rings is 1. The van der Waals surface area contributed by atoms with E-state index in [2.05, 4.69) is 10.2 Å². The Balaban J connectivity index is 1.50. The standard InChI is InChI=1S/C18H17N3O4S/c22-18(16-11-15(19-20-16)17-7-4-10-25-17)21-9-8-14(12-21)26(23,24)13-5-2-1-3-6-13/h1-7,10-11,14H,8-9,12H2,(H,19,20). The van der Waals surface area contributed by atoms with E-state index in [0.29, 0.717) is 29.3 Å². The van der Waals surface area contributed by atoms with Gasteiger partial charge in [-0.2, -0.15) is 5.10 Å². The molecule has 0 aliphatic carbocycles. The summed E-state index contributed by atoms with van der Waals surface area (Å²) in [5, 5.41) is 6.21. The van der Waals surface area contributed by atoms with Crippen LogP contribution in [0.3, 0.4) is 0 Å². The number of H-pyrrole nitrogens is 1. The SMILES string of the molecule is O=C(c1cc(-c2ccco2)[nH]n1)N1CCC(S(=O)(=O)c2ccccc2)C1. The van der Waals surface area contributed by atoms with Gasteiger partial charge in [0.25, 0.3) is 5.91 Å². The molecule has 3 heterocycles. The number of amides is 1. The summed E-state index contributed by atoms with van der Waals surface area (Å²) in [4.78, 5) is 14.5. The highest BCUT2D eigenvalue weighted by Gasteiger charge is 2.36. The number of nitrogens with one attached hydrogen (secondary N) is 1. The largest absolute Gasteiger partial charge is 0.463 e. The summed E-state index contributed by atoms with van der Waals surface area (Å²) in [6.45, 7) is 0.553. The number of aromatic nitrogens is 2. The van der Waals surface area contributed by atoms with Gasteiger partial charge in [-0.05, 0) is 30.7 Å². The van der Waals surface area contributed by atoms with Crippen molar-refractivity contribution < 1.29 is 17.6 Å². The Bertz CT molecular complexity index is 1010. The second kappa shape index (κ2) is 6.45. The van der Waals surface area contributed by atoms with Crippen molar-refractivity contribution in [2.24, 2.45) is 0 Å². The van der Waals surface area contributed by atoms with Crippen molar-refractivity contribution in [3.05, 3.63) is 60.5 Å². The van der Waals surface area contributed by atoms with Crippen LogP contribution in [0.2, 0.25) is 0 Å². The van der Waals surface area contributed by atoms with Crippen LogP contribution >= 0.6 is 0 Å². The van der Waals surface area contributed by atoms with Crippen molar-refractivity contribution in [1.29, 1.82) is 0 Å². The van der Waals surface area contributed by atoms with E-state index in [1.807, 2.05) is 0 Å². The van der Waals surface area contributed by atoms with Crippen LogP contribution in [-0.2, 0) is 9.84 Å². The number of rotatable bonds is 4. The van der Waals surface area contributed by atoms with E-state index in [9.17, 15) is 13.2 Å². The minimum absolute atomic E-state index is 0.166. The van der Waals surface area contributed by atoms with E-state index in [1.165, 1.54) is 11.2 Å². The predicted molar refractivity (Wildman–Crippen MR) is 94.2 cm³/mol. The lowest BCUT2D eigenvalue weighted by atomic mass is 10.3. The summed E-state index contributed by atoms with van der Waals surface area (Å²) in [7, 11) is -3.45. The number of sulfone groups is 1. The van der Waals surface area contributed by atoms with Crippen molar-refractivity contribution >= 4 is 15.7 Å². The van der Waals surface area contributed by atoms with E-state index >= 15 is 0 Å². The Morgan fingerprint density at radius 2 is 2.00 bits per heavy atom. The van der Waals surface area contributed by atoms with E-state index in [-0.39, 0.29) is 18.1 Å². The molecule has 0 bridgehead atoms. The summed E-state index contributed by atoms with van der Waals surface area (Å²) in [6.07, 6.45) is 1.95. The van der Waals surface area contributed by atoms with Gasteiger partial charge in [-0.15, -0.1) is 0 Å². The molecule has 4 rings (SSSR count). The minimum Gasteiger partial charge on any atom is -0.463 e. The third-order valence-electron chi connectivity index (χ3n) is 4.53. The second-order valence-corrected chi connectivity index (χ2v) is 8.39. The molecule has 2 aromatic heterocycles. The van der Waals surface area contributed by atoms with E-state index in [1.54, 1.807) is 48.5 Å². The molecule has 0 spiro atoms. The van der Waals surface area contributed by atoms with Crippen molar-refractivity contribution in [2.45, 2.75) is 16.6 Å². The summed E-state index contributed by atoms with van der Waals surface area (Å²) >= 11 is 0. The Morgan fingerprint density at radius 3 is 2.73 bits per heavy atom. The van der Waals surface area contributed by atoms with Gasteiger partial charge in [0.2, 0.25) is 0 Å². The number of carbonyl (C=O) groups is 1. The first-order valence-electron chi connectivity index (χ1n) is 8.23. The minimum atomic E-state index is -3.45. The highest BCUT2D eigenvalue weighted by atomic mass is 32.2. The quantitative estimate of drug-likeness (QED) is 0.759. The fourth-order valence-electron chi connectivity index (χ4n) is 3.12. The number of hydrogen-bond acceptors (Lipinski definition) is 5. The molecule has 3 aromatic rings. The monoisotopic (exact) mass is 371 g/mol. The molecule has 1 N–H and O–H groups in total. The molecule has 1 aromatic carbocycles. The number of hydrogen-bond donors (Lipinski definition) is 1. The predicted octanol–water partition coefficient (Wildman–Crippen LogP) is 2.36. The van der Waals surface area contributed by atoms with Gasteiger partial charge in [-0.3, -0.25) is 9.89 Å². The van der Waals surface area contributed by atoms with E-state index in [0.717, 1.165) is 0 Å². The topological polar surface area (TPSA) is 96.3 Å². The summed E-state index contributed by atoms with van der Waals surface area (Å²) in [5.41, 5.74) is 0.847. The first kappa shape index (κ1) is 16.6. The van der Waals surface area contributed by atoms with Gasteiger partial charge >= 0.3 is 0 Å². The smallest absolute Gasteiger partial charge is 0.274 e. The Labute approximate surface area is 150 Å². The average molecular weight is 371 g/mol. The van der Waals surface area contributed by atoms with Gasteiger partial charge in [-0.25, -0.2) is 8.42 Å². The van der Waals surface area contributed by atoms with Gasteiger partial charge in [0, 0.05) is 19.2 Å². The molecule has 1 atom stereocenters. The molecule has 1 saturated heterocycles. The van der Waals surface area contributed by atoms with E-state index in [4.69, 9.17) is 4.42 Å². The number of aromatic amines is 1. The molecule has 7 nitrogen and oxygen atoms in total. The first-order valence-corrected chi connectivity index (χ1v) is 9.78. The summed E-state index contributed by atoms with van der Waals surface area (Å²) < 4.78 is 30.7. The maximum atomic E-state index is 12.7. The summed E-state index contributed by atoms with van der Waals surface area (Å²) in [6, 6.07) is 13.5. The van der Waals surface area contributed by atoms with Crippen molar-refractivity contribution in [3.63, 3.8) is 0 Å². The van der Waals surface area contributed by atoms with Crippen LogP contribution in [0.1, 0.15) is 16.9 Å². The fraction of sp³-hybridized carbons (Fsp3) is 0.222. The number of furan rings is 1. The highest BCUT2D eigenvalue weighted by Crippen LogP contribution is 2.25. The van der Waals surface area contributed by atoms with Crippen molar-refractivity contribution in [2.75, 3.05) is 13.1 Å². The van der Waals surface area contributed by atoms with Gasteiger partial charge in [-0.1, -0.05) is 18.2 Å². The Kier molecular flexibility index (Phi) is 4.12. The third-order valence-corrected chi connectivity index (χ3v) is 6.72. The van der Waals surface area contributed by atoms with Gasteiger partial charge in [0.1, 0.15) is 5.69 Å². The van der Waals surface area contributed by atoms with Crippen LogP contribution < -0.4 is 0 Å². The lowest BCUT2D eigenvalue weighted by Gasteiger charge is -2.15. The molecule has 134 valence electrons. The molecular weight excluding hydrogens is 354 g/mol. The molecule has 1 aliphatic rings. The third kappa shape index (κ3) is 2.92. The Hall–Kier alpha value is -2.87. The van der Waals surface area contributed by atoms with Crippen LogP contribution in [0.5, 0.6) is 0 Å². The number of likely N-dealkylation sites (tertiary alicyclic amines) is 1. The fourth-order valence-corrected chi connectivity index (χ4v) is 4.83. The first-order chi connectivity index (χ1) is 12.6. The maximum Gasteiger partial charge on any atom is 0.274 e. The second-order valence-electron chi connectivity index (χ2n) is 6.16. The maximum absolute atomic E-state index is 12.7. The lowest BCUT2D eigenvalue weighted by molar-refractivity contribution is 0.0787. The Morgan fingerprint density at radius 1 is 1.19 bits per heavy atom. The van der Waals surface area contributed by atoms with Crippen LogP contribution in [0.15, 0.2) is 64.1 Å². The molecule has 1 unspecified atom stereocenters. The van der Waals surface area contributed by atoms with Crippen LogP contribution in [0.4, 0.5) is 0 Å². The van der Waals surface area contributed by atoms with Crippen LogP contribution in [0.25, 0.3) is 11.5 Å². The van der Waals surface area contributed by atoms with Crippen molar-refractivity contribution in [1.82, 2.24) is 15.1 Å². The molecule has 26 heavy (non-hydrogen) atoms.